The van der Waals surface area contributed by atoms with Gasteiger partial charge in [0.2, 0.25) is 0 Å². The number of benzene rings is 1. The number of fused-ring (bicyclic) bond motifs is 1. The molecule has 19 heavy (non-hydrogen) atoms. The molecule has 0 saturated carbocycles. The molecule has 0 bridgehead atoms. The normalized spacial score (nSPS) is 16.0. The summed E-state index contributed by atoms with van der Waals surface area (Å²) in [5.74, 6) is 1.08. The Morgan fingerprint density at radius 2 is 2.11 bits per heavy atom. The van der Waals surface area contributed by atoms with Gasteiger partial charge in [0, 0.05) is 12.5 Å². The number of hydrogen-bond donors (Lipinski definition) is 1. The predicted octanol–water partition coefficient (Wildman–Crippen LogP) is 4.10. The van der Waals surface area contributed by atoms with E-state index in [1.165, 1.54) is 24.0 Å². The molecule has 1 N–H and O–H groups in total. The molecule has 1 aromatic carbocycles. The Hall–Kier alpha value is -1.02. The van der Waals surface area contributed by atoms with Gasteiger partial charge in [0.1, 0.15) is 5.75 Å². The van der Waals surface area contributed by atoms with E-state index in [1.807, 2.05) is 0 Å². The standard InChI is InChI=1S/C17H27NO/c1-5-18-15(8-10-17(2,3)4)13-6-7-16-14(12-13)9-11-19-16/h6-7,12,15,18H,5,8-11H2,1-4H3. The first kappa shape index (κ1) is 14.4. The van der Waals surface area contributed by atoms with Gasteiger partial charge in [-0.2, -0.15) is 0 Å². The van der Waals surface area contributed by atoms with Crippen LogP contribution < -0.4 is 10.1 Å². The number of rotatable bonds is 5. The summed E-state index contributed by atoms with van der Waals surface area (Å²) >= 11 is 0. The lowest BCUT2D eigenvalue weighted by molar-refractivity contribution is 0.333. The lowest BCUT2D eigenvalue weighted by Gasteiger charge is -2.24. The fourth-order valence-electron chi connectivity index (χ4n) is 2.63. The van der Waals surface area contributed by atoms with E-state index in [0.29, 0.717) is 11.5 Å². The van der Waals surface area contributed by atoms with Crippen molar-refractivity contribution in [1.29, 1.82) is 0 Å². The summed E-state index contributed by atoms with van der Waals surface area (Å²) in [6.45, 7) is 11.0. The summed E-state index contributed by atoms with van der Waals surface area (Å²) in [6.07, 6.45) is 3.48. The number of hydrogen-bond acceptors (Lipinski definition) is 2. The maximum Gasteiger partial charge on any atom is 0.122 e. The van der Waals surface area contributed by atoms with Crippen molar-refractivity contribution in [1.82, 2.24) is 5.32 Å². The summed E-state index contributed by atoms with van der Waals surface area (Å²) in [5, 5.41) is 3.62. The largest absolute Gasteiger partial charge is 0.493 e. The van der Waals surface area contributed by atoms with E-state index in [1.54, 1.807) is 0 Å². The third kappa shape index (κ3) is 3.97. The number of nitrogens with one attached hydrogen (secondary N) is 1. The number of ether oxygens (including phenoxy) is 1. The Kier molecular flexibility index (Phi) is 4.51. The minimum absolute atomic E-state index is 0.396. The van der Waals surface area contributed by atoms with Crippen LogP contribution >= 0.6 is 0 Å². The first-order chi connectivity index (χ1) is 8.99. The molecular weight excluding hydrogens is 234 g/mol. The molecule has 0 aliphatic carbocycles. The van der Waals surface area contributed by atoms with Crippen molar-refractivity contribution >= 4 is 0 Å². The fraction of sp³-hybridized carbons (Fsp3) is 0.647. The van der Waals surface area contributed by atoms with Crippen LogP contribution in [0.1, 0.15) is 57.7 Å². The van der Waals surface area contributed by atoms with Crippen molar-refractivity contribution in [3.05, 3.63) is 29.3 Å². The monoisotopic (exact) mass is 261 g/mol. The Morgan fingerprint density at radius 3 is 2.79 bits per heavy atom. The molecule has 0 saturated heterocycles. The van der Waals surface area contributed by atoms with Crippen LogP contribution in [0.15, 0.2) is 18.2 Å². The van der Waals surface area contributed by atoms with Crippen molar-refractivity contribution < 1.29 is 4.74 Å². The molecule has 2 nitrogen and oxygen atoms in total. The predicted molar refractivity (Wildman–Crippen MR) is 80.7 cm³/mol. The minimum Gasteiger partial charge on any atom is -0.493 e. The van der Waals surface area contributed by atoms with Crippen molar-refractivity contribution in [2.24, 2.45) is 5.41 Å². The maximum atomic E-state index is 5.59. The van der Waals surface area contributed by atoms with Gasteiger partial charge in [0.15, 0.2) is 0 Å². The SMILES string of the molecule is CCNC(CCC(C)(C)C)c1ccc2c(c1)CCO2. The molecule has 0 amide bonds. The summed E-state index contributed by atoms with van der Waals surface area (Å²) < 4.78 is 5.59. The molecular formula is C17H27NO. The highest BCUT2D eigenvalue weighted by Crippen LogP contribution is 2.31. The zero-order valence-corrected chi connectivity index (χ0v) is 12.8. The minimum atomic E-state index is 0.396. The smallest absolute Gasteiger partial charge is 0.122 e. The van der Waals surface area contributed by atoms with Crippen LogP contribution in [0.5, 0.6) is 5.75 Å². The molecule has 2 rings (SSSR count). The maximum absolute atomic E-state index is 5.59. The van der Waals surface area contributed by atoms with Crippen LogP contribution in [0.2, 0.25) is 0 Å². The van der Waals surface area contributed by atoms with E-state index in [-0.39, 0.29) is 0 Å². The molecule has 2 heteroatoms. The van der Waals surface area contributed by atoms with Gasteiger partial charge in [-0.15, -0.1) is 0 Å². The van der Waals surface area contributed by atoms with E-state index >= 15 is 0 Å². The Balaban J connectivity index is 2.10. The average Bonchev–Trinajstić information content (AvgIpc) is 2.80. The highest BCUT2D eigenvalue weighted by molar-refractivity contribution is 5.40. The lowest BCUT2D eigenvalue weighted by atomic mass is 9.87. The quantitative estimate of drug-likeness (QED) is 0.861. The van der Waals surface area contributed by atoms with Crippen LogP contribution in [0.3, 0.4) is 0 Å². The Bertz CT molecular complexity index is 420. The van der Waals surface area contributed by atoms with Crippen molar-refractivity contribution in [2.45, 2.75) is 53.0 Å². The average molecular weight is 261 g/mol. The van der Waals surface area contributed by atoms with Gasteiger partial charge < -0.3 is 10.1 Å². The van der Waals surface area contributed by atoms with Crippen molar-refractivity contribution in [3.63, 3.8) is 0 Å². The highest BCUT2D eigenvalue weighted by atomic mass is 16.5. The van der Waals surface area contributed by atoms with Crippen LogP contribution in [0.25, 0.3) is 0 Å². The molecule has 0 aromatic heterocycles. The molecule has 1 aliphatic heterocycles. The molecule has 1 aromatic rings. The fourth-order valence-corrected chi connectivity index (χ4v) is 2.63. The van der Waals surface area contributed by atoms with Crippen molar-refractivity contribution in [2.75, 3.05) is 13.2 Å². The van der Waals surface area contributed by atoms with Gasteiger partial charge >= 0.3 is 0 Å². The zero-order chi connectivity index (χ0) is 13.9. The van der Waals surface area contributed by atoms with E-state index < -0.39 is 0 Å². The molecule has 106 valence electrons. The first-order valence-electron chi connectivity index (χ1n) is 7.48. The van der Waals surface area contributed by atoms with E-state index in [2.05, 4.69) is 51.2 Å². The zero-order valence-electron chi connectivity index (χ0n) is 12.8. The van der Waals surface area contributed by atoms with Gasteiger partial charge in [-0.1, -0.05) is 39.8 Å². The second-order valence-electron chi connectivity index (χ2n) is 6.68. The van der Waals surface area contributed by atoms with Crippen LogP contribution in [0, 0.1) is 5.41 Å². The van der Waals surface area contributed by atoms with Crippen LogP contribution in [-0.2, 0) is 6.42 Å². The topological polar surface area (TPSA) is 21.3 Å². The molecule has 1 unspecified atom stereocenters. The second-order valence-corrected chi connectivity index (χ2v) is 6.68. The van der Waals surface area contributed by atoms with Crippen LogP contribution in [-0.4, -0.2) is 13.2 Å². The van der Waals surface area contributed by atoms with Gasteiger partial charge in [0.05, 0.1) is 6.61 Å². The third-order valence-electron chi connectivity index (χ3n) is 3.75. The van der Waals surface area contributed by atoms with Crippen molar-refractivity contribution in [3.8, 4) is 5.75 Å². The summed E-state index contributed by atoms with van der Waals surface area (Å²) in [6, 6.07) is 7.16. The molecule has 1 atom stereocenters. The van der Waals surface area contributed by atoms with Gasteiger partial charge in [0.25, 0.3) is 0 Å². The third-order valence-corrected chi connectivity index (χ3v) is 3.75. The molecule has 0 fully saturated rings. The molecule has 1 heterocycles. The van der Waals surface area contributed by atoms with E-state index in [9.17, 15) is 0 Å². The summed E-state index contributed by atoms with van der Waals surface area (Å²) in [4.78, 5) is 0. The Labute approximate surface area is 117 Å². The molecule has 1 aliphatic rings. The van der Waals surface area contributed by atoms with Gasteiger partial charge in [-0.25, -0.2) is 0 Å². The summed E-state index contributed by atoms with van der Waals surface area (Å²) in [5.41, 5.74) is 3.18. The van der Waals surface area contributed by atoms with E-state index in [0.717, 1.165) is 25.3 Å². The van der Waals surface area contributed by atoms with Gasteiger partial charge in [-0.3, -0.25) is 0 Å². The second kappa shape index (κ2) is 5.96. The highest BCUT2D eigenvalue weighted by Gasteiger charge is 2.19. The molecule has 0 spiro atoms. The van der Waals surface area contributed by atoms with Gasteiger partial charge in [-0.05, 0) is 42.0 Å². The Morgan fingerprint density at radius 1 is 1.32 bits per heavy atom. The first-order valence-corrected chi connectivity index (χ1v) is 7.48. The molecule has 0 radical (unpaired) electrons. The lowest BCUT2D eigenvalue weighted by Crippen LogP contribution is -2.22. The summed E-state index contributed by atoms with van der Waals surface area (Å²) in [7, 11) is 0. The van der Waals surface area contributed by atoms with Crippen LogP contribution in [0.4, 0.5) is 0 Å². The van der Waals surface area contributed by atoms with E-state index in [4.69, 9.17) is 4.74 Å².